The van der Waals surface area contributed by atoms with Crippen LogP contribution in [0.15, 0.2) is 36.7 Å². The van der Waals surface area contributed by atoms with Crippen molar-refractivity contribution in [3.8, 4) is 11.3 Å². The number of nitrogens with one attached hydrogen (secondary N) is 1. The first-order chi connectivity index (χ1) is 12.9. The number of carbonyl (C=O) groups is 2. The Hall–Kier alpha value is -2.60. The summed E-state index contributed by atoms with van der Waals surface area (Å²) in [6, 6.07) is 7.61. The highest BCUT2D eigenvalue weighted by molar-refractivity contribution is 5.87. The van der Waals surface area contributed by atoms with E-state index in [1.54, 1.807) is 13.1 Å². The van der Waals surface area contributed by atoms with Gasteiger partial charge in [0.05, 0.1) is 30.1 Å². The Kier molecular flexibility index (Phi) is 7.19. The molecular weight excluding hydrogens is 342 g/mol. The predicted octanol–water partition coefficient (Wildman–Crippen LogP) is 3.02. The van der Waals surface area contributed by atoms with E-state index in [9.17, 15) is 9.59 Å². The maximum atomic E-state index is 11.8. The molecule has 0 fully saturated rings. The van der Waals surface area contributed by atoms with Gasteiger partial charge in [-0.25, -0.2) is 9.78 Å². The van der Waals surface area contributed by atoms with Gasteiger partial charge in [0.15, 0.2) is 5.69 Å². The normalized spacial score (nSPS) is 13.2. The van der Waals surface area contributed by atoms with Gasteiger partial charge in [0, 0.05) is 12.1 Å². The lowest BCUT2D eigenvalue weighted by Crippen LogP contribution is -2.38. The number of carbonyl (C=O) groups excluding carboxylic acids is 2. The molecule has 2 rings (SSSR count). The van der Waals surface area contributed by atoms with Gasteiger partial charge in [0.25, 0.3) is 0 Å². The quantitative estimate of drug-likeness (QED) is 0.540. The van der Waals surface area contributed by atoms with Gasteiger partial charge in [0.2, 0.25) is 0 Å². The van der Waals surface area contributed by atoms with E-state index in [2.05, 4.69) is 29.1 Å². The molecule has 0 saturated carbocycles. The second-order valence-electron chi connectivity index (χ2n) is 7.15. The van der Waals surface area contributed by atoms with Gasteiger partial charge in [-0.05, 0) is 31.9 Å². The molecule has 0 amide bonds. The summed E-state index contributed by atoms with van der Waals surface area (Å²) in [5.41, 5.74) is 1.89. The molecular formula is C21H27N3O3. The van der Waals surface area contributed by atoms with Crippen LogP contribution in [0.25, 0.3) is 11.3 Å². The van der Waals surface area contributed by atoms with Crippen LogP contribution in [-0.2, 0) is 14.9 Å². The van der Waals surface area contributed by atoms with Crippen LogP contribution in [0.3, 0.4) is 0 Å². The molecule has 144 valence electrons. The first-order valence-electron chi connectivity index (χ1n) is 9.16. The first kappa shape index (κ1) is 20.7. The third-order valence-corrected chi connectivity index (χ3v) is 4.26. The van der Waals surface area contributed by atoms with Crippen LogP contribution < -0.4 is 5.32 Å². The van der Waals surface area contributed by atoms with Gasteiger partial charge in [-0.15, -0.1) is 0 Å². The van der Waals surface area contributed by atoms with Crippen molar-refractivity contribution in [3.05, 3.63) is 47.9 Å². The van der Waals surface area contributed by atoms with E-state index in [1.807, 2.05) is 31.2 Å². The largest absolute Gasteiger partial charge is 0.461 e. The zero-order valence-electron chi connectivity index (χ0n) is 16.4. The molecule has 1 unspecified atom stereocenters. The topological polar surface area (TPSA) is 81.2 Å². The Balaban J connectivity index is 2.20. The summed E-state index contributed by atoms with van der Waals surface area (Å²) in [6.45, 7) is 9.65. The summed E-state index contributed by atoms with van der Waals surface area (Å²) in [6.07, 6.45) is 3.97. The summed E-state index contributed by atoms with van der Waals surface area (Å²) in [4.78, 5) is 32.0. The molecule has 6 heteroatoms. The lowest BCUT2D eigenvalue weighted by Gasteiger charge is -2.25. The SMILES string of the molecule is CCOC(=O)c1cncc(-c2ccc(C(C)(C=O)CNCC(C)C)cc2)n1. The molecule has 2 aromatic rings. The van der Waals surface area contributed by atoms with E-state index >= 15 is 0 Å². The lowest BCUT2D eigenvalue weighted by molar-refractivity contribution is -0.112. The van der Waals surface area contributed by atoms with Gasteiger partial charge in [-0.3, -0.25) is 4.98 Å². The molecule has 27 heavy (non-hydrogen) atoms. The standard InChI is InChI=1S/C21H27N3O3/c1-5-27-20(26)19-12-22-11-18(24-19)16-6-8-17(9-7-16)21(4,14-25)13-23-10-15(2)3/h6-9,11-12,14-15,23H,5,10,13H2,1-4H3. The van der Waals surface area contributed by atoms with Crippen molar-refractivity contribution in [2.75, 3.05) is 19.7 Å². The Morgan fingerprint density at radius 1 is 1.26 bits per heavy atom. The summed E-state index contributed by atoms with van der Waals surface area (Å²) >= 11 is 0. The van der Waals surface area contributed by atoms with Crippen LogP contribution in [0.1, 0.15) is 43.7 Å². The number of aromatic nitrogens is 2. The number of benzene rings is 1. The Morgan fingerprint density at radius 3 is 2.56 bits per heavy atom. The molecule has 0 bridgehead atoms. The fourth-order valence-electron chi connectivity index (χ4n) is 2.66. The predicted molar refractivity (Wildman–Crippen MR) is 105 cm³/mol. The van der Waals surface area contributed by atoms with E-state index in [1.165, 1.54) is 6.20 Å². The zero-order chi connectivity index (χ0) is 19.9. The molecule has 0 aliphatic carbocycles. The molecule has 1 aromatic heterocycles. The number of hydrogen-bond donors (Lipinski definition) is 1. The van der Waals surface area contributed by atoms with Crippen molar-refractivity contribution < 1.29 is 14.3 Å². The number of ether oxygens (including phenoxy) is 1. The van der Waals surface area contributed by atoms with E-state index in [0.717, 1.165) is 24.0 Å². The van der Waals surface area contributed by atoms with Crippen LogP contribution in [0.2, 0.25) is 0 Å². The summed E-state index contributed by atoms with van der Waals surface area (Å²) in [5.74, 6) is 0.0294. The Labute approximate surface area is 160 Å². The van der Waals surface area contributed by atoms with Crippen LogP contribution >= 0.6 is 0 Å². The molecule has 0 radical (unpaired) electrons. The minimum Gasteiger partial charge on any atom is -0.461 e. The number of esters is 1. The third-order valence-electron chi connectivity index (χ3n) is 4.26. The Bertz CT molecular complexity index is 774. The lowest BCUT2D eigenvalue weighted by atomic mass is 9.83. The molecule has 0 aliphatic heterocycles. The molecule has 6 nitrogen and oxygen atoms in total. The minimum atomic E-state index is -0.605. The van der Waals surface area contributed by atoms with Gasteiger partial charge >= 0.3 is 5.97 Å². The average Bonchev–Trinajstić information content (AvgIpc) is 2.68. The van der Waals surface area contributed by atoms with Gasteiger partial charge < -0.3 is 14.8 Å². The van der Waals surface area contributed by atoms with Crippen molar-refractivity contribution in [3.63, 3.8) is 0 Å². The number of nitrogens with zero attached hydrogens (tertiary/aromatic N) is 2. The van der Waals surface area contributed by atoms with Crippen molar-refractivity contribution >= 4 is 12.3 Å². The highest BCUT2D eigenvalue weighted by atomic mass is 16.5. The highest BCUT2D eigenvalue weighted by Crippen LogP contribution is 2.24. The van der Waals surface area contributed by atoms with Crippen molar-refractivity contribution in [1.29, 1.82) is 0 Å². The number of hydrogen-bond acceptors (Lipinski definition) is 6. The number of aldehydes is 1. The first-order valence-corrected chi connectivity index (χ1v) is 9.16. The molecule has 1 N–H and O–H groups in total. The van der Waals surface area contributed by atoms with Crippen LogP contribution in [0.5, 0.6) is 0 Å². The van der Waals surface area contributed by atoms with E-state index in [0.29, 0.717) is 18.2 Å². The molecule has 0 aliphatic rings. The van der Waals surface area contributed by atoms with Crippen LogP contribution in [0.4, 0.5) is 0 Å². The van der Waals surface area contributed by atoms with Gasteiger partial charge in [0.1, 0.15) is 6.29 Å². The van der Waals surface area contributed by atoms with Crippen molar-refractivity contribution in [1.82, 2.24) is 15.3 Å². The molecule has 1 aromatic carbocycles. The number of rotatable bonds is 9. The third kappa shape index (κ3) is 5.44. The molecule has 1 heterocycles. The molecule has 0 spiro atoms. The second kappa shape index (κ2) is 9.37. The fraction of sp³-hybridized carbons (Fsp3) is 0.429. The average molecular weight is 369 g/mol. The monoisotopic (exact) mass is 369 g/mol. The zero-order valence-corrected chi connectivity index (χ0v) is 16.4. The van der Waals surface area contributed by atoms with Gasteiger partial charge in [-0.2, -0.15) is 0 Å². The van der Waals surface area contributed by atoms with Gasteiger partial charge in [-0.1, -0.05) is 38.1 Å². The molecule has 0 saturated heterocycles. The van der Waals surface area contributed by atoms with E-state index < -0.39 is 11.4 Å². The maximum Gasteiger partial charge on any atom is 0.358 e. The van der Waals surface area contributed by atoms with Crippen LogP contribution in [-0.4, -0.2) is 41.9 Å². The smallest absolute Gasteiger partial charge is 0.358 e. The van der Waals surface area contributed by atoms with Crippen molar-refractivity contribution in [2.24, 2.45) is 5.92 Å². The summed E-state index contributed by atoms with van der Waals surface area (Å²) < 4.78 is 4.96. The van der Waals surface area contributed by atoms with E-state index in [-0.39, 0.29) is 12.3 Å². The highest BCUT2D eigenvalue weighted by Gasteiger charge is 2.26. The second-order valence-corrected chi connectivity index (χ2v) is 7.15. The minimum absolute atomic E-state index is 0.175. The summed E-state index contributed by atoms with van der Waals surface area (Å²) in [5, 5.41) is 3.35. The maximum absolute atomic E-state index is 11.8. The van der Waals surface area contributed by atoms with Crippen molar-refractivity contribution in [2.45, 2.75) is 33.1 Å². The van der Waals surface area contributed by atoms with E-state index in [4.69, 9.17) is 4.74 Å². The Morgan fingerprint density at radius 2 is 1.96 bits per heavy atom. The van der Waals surface area contributed by atoms with Crippen LogP contribution in [0, 0.1) is 5.92 Å². The molecule has 1 atom stereocenters. The summed E-state index contributed by atoms with van der Waals surface area (Å²) in [7, 11) is 0. The fourth-order valence-corrected chi connectivity index (χ4v) is 2.66.